The zero-order chi connectivity index (χ0) is 24.5. The van der Waals surface area contributed by atoms with Crippen LogP contribution in [0.15, 0.2) is 72.8 Å². The Bertz CT molecular complexity index is 1130. The van der Waals surface area contributed by atoms with Crippen LogP contribution in [0.4, 0.5) is 11.4 Å². The van der Waals surface area contributed by atoms with Gasteiger partial charge in [-0.25, -0.2) is 0 Å². The highest BCUT2D eigenvalue weighted by Crippen LogP contribution is 2.35. The summed E-state index contributed by atoms with van der Waals surface area (Å²) in [5.41, 5.74) is 2.57. The fourth-order valence-corrected chi connectivity index (χ4v) is 3.93. The second-order valence-corrected chi connectivity index (χ2v) is 8.28. The number of carbonyl (C=O) groups is 2. The quantitative estimate of drug-likeness (QED) is 0.402. The van der Waals surface area contributed by atoms with E-state index in [1.165, 1.54) is 5.56 Å². The van der Waals surface area contributed by atoms with Gasteiger partial charge in [0.1, 0.15) is 17.2 Å². The molecule has 0 aromatic heterocycles. The number of fused-ring (bicyclic) bond motifs is 1. The molecule has 7 nitrogen and oxygen atoms in total. The number of hydrogen-bond donors (Lipinski definition) is 1. The number of benzene rings is 3. The van der Waals surface area contributed by atoms with Gasteiger partial charge in [-0.2, -0.15) is 0 Å². The topological polar surface area (TPSA) is 77.1 Å². The molecule has 4 rings (SSSR count). The highest BCUT2D eigenvalue weighted by atomic mass is 16.5. The number of rotatable bonds is 11. The first kappa shape index (κ1) is 24.1. The molecular formula is C28H30N2O5. The number of nitrogens with one attached hydrogen (secondary N) is 1. The largest absolute Gasteiger partial charge is 0.497 e. The van der Waals surface area contributed by atoms with Crippen LogP contribution >= 0.6 is 0 Å². The molecule has 0 radical (unpaired) electrons. The molecule has 2 amide bonds. The predicted molar refractivity (Wildman–Crippen MR) is 135 cm³/mol. The maximum atomic E-state index is 12.6. The van der Waals surface area contributed by atoms with Crippen molar-refractivity contribution in [3.05, 3.63) is 78.4 Å². The average Bonchev–Trinajstić information content (AvgIpc) is 2.89. The minimum absolute atomic E-state index is 0.0260. The standard InChI is InChI=1S/C28H30N2O5/c1-33-23-12-14-24(15-13-23)34-18-6-10-27(31)29-22-11-16-26-25(19-22)30(28(32)20-35-26)17-5-9-21-7-3-2-4-8-21/h2-4,7-8,11-16,19H,5-6,9-10,17-18,20H2,1H3,(H,29,31). The van der Waals surface area contributed by atoms with Crippen LogP contribution in [0, 0.1) is 0 Å². The van der Waals surface area contributed by atoms with Crippen molar-refractivity contribution in [3.63, 3.8) is 0 Å². The Kier molecular flexibility index (Phi) is 8.22. The Labute approximate surface area is 205 Å². The number of methoxy groups -OCH3 is 1. The highest BCUT2D eigenvalue weighted by Gasteiger charge is 2.25. The average molecular weight is 475 g/mol. The van der Waals surface area contributed by atoms with E-state index in [0.717, 1.165) is 24.3 Å². The van der Waals surface area contributed by atoms with Gasteiger partial charge in [0.15, 0.2) is 6.61 Å². The van der Waals surface area contributed by atoms with E-state index in [1.807, 2.05) is 42.5 Å². The molecule has 1 heterocycles. The van der Waals surface area contributed by atoms with E-state index in [-0.39, 0.29) is 18.4 Å². The Morgan fingerprint density at radius 3 is 2.54 bits per heavy atom. The van der Waals surface area contributed by atoms with Crippen LogP contribution in [-0.4, -0.2) is 38.7 Å². The van der Waals surface area contributed by atoms with Gasteiger partial charge in [0.05, 0.1) is 19.4 Å². The van der Waals surface area contributed by atoms with E-state index in [4.69, 9.17) is 14.2 Å². The van der Waals surface area contributed by atoms with Crippen molar-refractivity contribution < 1.29 is 23.8 Å². The number of hydrogen-bond acceptors (Lipinski definition) is 5. The summed E-state index contributed by atoms with van der Waals surface area (Å²) >= 11 is 0. The predicted octanol–water partition coefficient (Wildman–Crippen LogP) is 4.85. The van der Waals surface area contributed by atoms with Crippen LogP contribution in [0.25, 0.3) is 0 Å². The fraction of sp³-hybridized carbons (Fsp3) is 0.286. The van der Waals surface area contributed by atoms with Gasteiger partial charge in [-0.1, -0.05) is 30.3 Å². The van der Waals surface area contributed by atoms with E-state index >= 15 is 0 Å². The van der Waals surface area contributed by atoms with Gasteiger partial charge < -0.3 is 24.4 Å². The van der Waals surface area contributed by atoms with E-state index in [0.29, 0.717) is 43.1 Å². The van der Waals surface area contributed by atoms with Crippen molar-refractivity contribution in [2.45, 2.75) is 25.7 Å². The van der Waals surface area contributed by atoms with E-state index in [1.54, 1.807) is 30.2 Å². The van der Waals surface area contributed by atoms with Crippen molar-refractivity contribution in [2.75, 3.05) is 37.1 Å². The first-order valence-corrected chi connectivity index (χ1v) is 11.8. The van der Waals surface area contributed by atoms with Crippen LogP contribution < -0.4 is 24.4 Å². The summed E-state index contributed by atoms with van der Waals surface area (Å²) in [6.45, 7) is 1.05. The SMILES string of the molecule is COc1ccc(OCCCC(=O)Nc2ccc3c(c2)N(CCCc2ccccc2)C(=O)CO3)cc1. The minimum Gasteiger partial charge on any atom is -0.497 e. The molecule has 0 saturated carbocycles. The van der Waals surface area contributed by atoms with Gasteiger partial charge in [-0.3, -0.25) is 9.59 Å². The normalized spacial score (nSPS) is 12.5. The molecule has 1 aliphatic rings. The third-order valence-corrected chi connectivity index (χ3v) is 5.75. The summed E-state index contributed by atoms with van der Waals surface area (Å²) in [6, 6.07) is 22.9. The lowest BCUT2D eigenvalue weighted by atomic mass is 10.1. The third-order valence-electron chi connectivity index (χ3n) is 5.75. The van der Waals surface area contributed by atoms with Crippen molar-refractivity contribution in [1.29, 1.82) is 0 Å². The Balaban J connectivity index is 1.28. The van der Waals surface area contributed by atoms with Gasteiger partial charge in [0, 0.05) is 18.7 Å². The van der Waals surface area contributed by atoms with Crippen LogP contribution in [0.3, 0.4) is 0 Å². The molecule has 35 heavy (non-hydrogen) atoms. The number of carbonyl (C=O) groups excluding carboxylic acids is 2. The fourth-order valence-electron chi connectivity index (χ4n) is 3.93. The van der Waals surface area contributed by atoms with Gasteiger partial charge >= 0.3 is 0 Å². The monoisotopic (exact) mass is 474 g/mol. The molecule has 1 N–H and O–H groups in total. The van der Waals surface area contributed by atoms with Gasteiger partial charge in [-0.15, -0.1) is 0 Å². The highest BCUT2D eigenvalue weighted by molar-refractivity contribution is 5.99. The first-order chi connectivity index (χ1) is 17.1. The number of anilines is 2. The van der Waals surface area contributed by atoms with Crippen molar-refractivity contribution >= 4 is 23.2 Å². The summed E-state index contributed by atoms with van der Waals surface area (Å²) in [5, 5.41) is 2.92. The van der Waals surface area contributed by atoms with Gasteiger partial charge in [0.25, 0.3) is 5.91 Å². The molecule has 1 aliphatic heterocycles. The molecule has 0 spiro atoms. The lowest BCUT2D eigenvalue weighted by Crippen LogP contribution is -2.39. The maximum absolute atomic E-state index is 12.6. The van der Waals surface area contributed by atoms with E-state index < -0.39 is 0 Å². The van der Waals surface area contributed by atoms with Crippen LogP contribution in [0.2, 0.25) is 0 Å². The van der Waals surface area contributed by atoms with Gasteiger partial charge in [-0.05, 0) is 67.3 Å². The van der Waals surface area contributed by atoms with Crippen molar-refractivity contribution in [1.82, 2.24) is 0 Å². The molecule has 0 unspecified atom stereocenters. The maximum Gasteiger partial charge on any atom is 0.265 e. The third kappa shape index (κ3) is 6.76. The second kappa shape index (κ2) is 11.9. The Morgan fingerprint density at radius 2 is 1.77 bits per heavy atom. The zero-order valence-electron chi connectivity index (χ0n) is 19.9. The molecule has 182 valence electrons. The number of nitrogens with zero attached hydrogens (tertiary/aromatic N) is 1. The summed E-state index contributed by atoms with van der Waals surface area (Å²) in [4.78, 5) is 26.8. The second-order valence-electron chi connectivity index (χ2n) is 8.28. The molecule has 3 aromatic rings. The molecule has 0 aliphatic carbocycles. The smallest absolute Gasteiger partial charge is 0.265 e. The summed E-state index contributed by atoms with van der Waals surface area (Å²) in [6.07, 6.45) is 2.62. The summed E-state index contributed by atoms with van der Waals surface area (Å²) < 4.78 is 16.4. The van der Waals surface area contributed by atoms with E-state index in [2.05, 4.69) is 17.4 Å². The molecule has 0 bridgehead atoms. The molecule has 0 saturated heterocycles. The van der Waals surface area contributed by atoms with Crippen LogP contribution in [0.5, 0.6) is 17.2 Å². The molecule has 7 heteroatoms. The molecular weight excluding hydrogens is 444 g/mol. The Hall–Kier alpha value is -4.00. The van der Waals surface area contributed by atoms with Gasteiger partial charge in [0.2, 0.25) is 5.91 Å². The Morgan fingerprint density at radius 1 is 1.00 bits per heavy atom. The molecule has 0 atom stereocenters. The summed E-state index contributed by atoms with van der Waals surface area (Å²) in [5.74, 6) is 1.96. The summed E-state index contributed by atoms with van der Waals surface area (Å²) in [7, 11) is 1.62. The first-order valence-electron chi connectivity index (χ1n) is 11.8. The van der Waals surface area contributed by atoms with Crippen molar-refractivity contribution in [2.24, 2.45) is 0 Å². The lowest BCUT2D eigenvalue weighted by molar-refractivity contribution is -0.121. The number of aryl methyl sites for hydroxylation is 1. The van der Waals surface area contributed by atoms with Crippen molar-refractivity contribution in [3.8, 4) is 17.2 Å². The minimum atomic E-state index is -0.109. The lowest BCUT2D eigenvalue weighted by Gasteiger charge is -2.30. The molecule has 0 fully saturated rings. The van der Waals surface area contributed by atoms with Crippen LogP contribution in [0.1, 0.15) is 24.8 Å². The molecule has 3 aromatic carbocycles. The van der Waals surface area contributed by atoms with Crippen LogP contribution in [-0.2, 0) is 16.0 Å². The van der Waals surface area contributed by atoms with E-state index in [9.17, 15) is 9.59 Å². The number of amides is 2. The zero-order valence-corrected chi connectivity index (χ0v) is 19.9. The number of ether oxygens (including phenoxy) is 3.